The van der Waals surface area contributed by atoms with E-state index >= 15 is 0 Å². The van der Waals surface area contributed by atoms with Crippen molar-refractivity contribution < 1.29 is 19.5 Å². The van der Waals surface area contributed by atoms with Crippen LogP contribution in [0.4, 0.5) is 0 Å². The fraction of sp³-hybridized carbons (Fsp3) is 0.727. The number of nitrogens with two attached hydrogens (primary N) is 1. The Morgan fingerprint density at radius 1 is 1.47 bits per heavy atom. The molecule has 1 rings (SSSR count). The molecule has 1 fully saturated rings. The average Bonchev–Trinajstić information content (AvgIpc) is 2.73. The highest BCUT2D eigenvalue weighted by molar-refractivity contribution is 5.88. The van der Waals surface area contributed by atoms with Gasteiger partial charge in [0, 0.05) is 13.0 Å². The molecule has 0 spiro atoms. The van der Waals surface area contributed by atoms with Crippen molar-refractivity contribution in [3.8, 4) is 0 Å². The smallest absolute Gasteiger partial charge is 0.320 e. The van der Waals surface area contributed by atoms with E-state index in [0.717, 1.165) is 6.42 Å². The standard InChI is InChI=1S/C11H18N2O4/c1-7(14)9-3-2-6-13(9)10(15)5-4-8(12)11(16)17/h8-9H,2-6,12H2,1H3,(H,16,17)/t8-,9+/m0/s1. The second-order valence-corrected chi connectivity index (χ2v) is 4.34. The molecule has 1 amide bonds. The quantitative estimate of drug-likeness (QED) is 0.692. The van der Waals surface area contributed by atoms with Crippen molar-refractivity contribution in [1.82, 2.24) is 4.90 Å². The van der Waals surface area contributed by atoms with E-state index in [0.29, 0.717) is 13.0 Å². The van der Waals surface area contributed by atoms with Gasteiger partial charge in [-0.05, 0) is 26.2 Å². The molecule has 0 radical (unpaired) electrons. The lowest BCUT2D eigenvalue weighted by atomic mass is 10.1. The summed E-state index contributed by atoms with van der Waals surface area (Å²) < 4.78 is 0. The molecule has 1 aliphatic rings. The van der Waals surface area contributed by atoms with Crippen molar-refractivity contribution >= 4 is 17.7 Å². The number of hydrogen-bond donors (Lipinski definition) is 2. The highest BCUT2D eigenvalue weighted by Gasteiger charge is 2.31. The highest BCUT2D eigenvalue weighted by Crippen LogP contribution is 2.19. The van der Waals surface area contributed by atoms with Crippen LogP contribution in [0.15, 0.2) is 0 Å². The number of ketones is 1. The summed E-state index contributed by atoms with van der Waals surface area (Å²) >= 11 is 0. The molecule has 6 nitrogen and oxygen atoms in total. The number of carboxylic acids is 1. The Hall–Kier alpha value is -1.43. The highest BCUT2D eigenvalue weighted by atomic mass is 16.4. The molecule has 1 saturated heterocycles. The minimum atomic E-state index is -1.11. The first-order valence-electron chi connectivity index (χ1n) is 5.71. The molecule has 96 valence electrons. The molecule has 2 atom stereocenters. The van der Waals surface area contributed by atoms with Gasteiger partial charge in [-0.1, -0.05) is 0 Å². The van der Waals surface area contributed by atoms with Crippen molar-refractivity contribution in [1.29, 1.82) is 0 Å². The monoisotopic (exact) mass is 242 g/mol. The predicted molar refractivity (Wildman–Crippen MR) is 60.3 cm³/mol. The molecule has 1 heterocycles. The molecule has 1 aliphatic heterocycles. The number of carbonyl (C=O) groups is 3. The number of Topliss-reactive ketones (excluding diaryl/α,β-unsaturated/α-hetero) is 1. The van der Waals surface area contributed by atoms with Gasteiger partial charge in [-0.2, -0.15) is 0 Å². The first kappa shape index (κ1) is 13.6. The minimum Gasteiger partial charge on any atom is -0.480 e. The van der Waals surface area contributed by atoms with Gasteiger partial charge in [0.1, 0.15) is 6.04 Å². The van der Waals surface area contributed by atoms with Crippen molar-refractivity contribution in [2.45, 2.75) is 44.7 Å². The Morgan fingerprint density at radius 2 is 2.12 bits per heavy atom. The fourth-order valence-corrected chi connectivity index (χ4v) is 2.03. The van der Waals surface area contributed by atoms with E-state index in [2.05, 4.69) is 0 Å². The maximum absolute atomic E-state index is 11.8. The van der Waals surface area contributed by atoms with Crippen LogP contribution >= 0.6 is 0 Å². The second kappa shape index (κ2) is 5.77. The fourth-order valence-electron chi connectivity index (χ4n) is 2.03. The molecule has 0 aromatic heterocycles. The van der Waals surface area contributed by atoms with Gasteiger partial charge in [0.2, 0.25) is 5.91 Å². The van der Waals surface area contributed by atoms with Crippen molar-refractivity contribution in [3.05, 3.63) is 0 Å². The van der Waals surface area contributed by atoms with Gasteiger partial charge in [-0.15, -0.1) is 0 Å². The predicted octanol–water partition coefficient (Wildman–Crippen LogP) is -0.241. The van der Waals surface area contributed by atoms with Crippen LogP contribution in [-0.2, 0) is 14.4 Å². The van der Waals surface area contributed by atoms with Crippen molar-refractivity contribution in [2.75, 3.05) is 6.54 Å². The number of aliphatic carboxylic acids is 1. The molecule has 0 aromatic rings. The third-order valence-electron chi connectivity index (χ3n) is 3.03. The SMILES string of the molecule is CC(=O)[C@H]1CCCN1C(=O)CC[C@H](N)C(=O)O. The summed E-state index contributed by atoms with van der Waals surface area (Å²) in [5.74, 6) is -1.31. The lowest BCUT2D eigenvalue weighted by Gasteiger charge is -2.22. The second-order valence-electron chi connectivity index (χ2n) is 4.34. The van der Waals surface area contributed by atoms with E-state index in [1.54, 1.807) is 0 Å². The summed E-state index contributed by atoms with van der Waals surface area (Å²) in [4.78, 5) is 35.1. The average molecular weight is 242 g/mol. The van der Waals surface area contributed by atoms with Crippen LogP contribution in [0.2, 0.25) is 0 Å². The molecule has 0 bridgehead atoms. The van der Waals surface area contributed by atoms with Crippen LogP contribution in [0.3, 0.4) is 0 Å². The van der Waals surface area contributed by atoms with Gasteiger partial charge < -0.3 is 15.7 Å². The summed E-state index contributed by atoms with van der Waals surface area (Å²) in [6.45, 7) is 2.05. The van der Waals surface area contributed by atoms with Gasteiger partial charge in [0.05, 0.1) is 6.04 Å². The summed E-state index contributed by atoms with van der Waals surface area (Å²) in [7, 11) is 0. The molecule has 0 unspecified atom stereocenters. The van der Waals surface area contributed by atoms with Crippen LogP contribution < -0.4 is 5.73 Å². The number of hydrogen-bond acceptors (Lipinski definition) is 4. The molecule has 17 heavy (non-hydrogen) atoms. The molecule has 0 aromatic carbocycles. The Labute approximate surface area is 99.8 Å². The van der Waals surface area contributed by atoms with E-state index in [-0.39, 0.29) is 30.6 Å². The molecule has 6 heteroatoms. The number of amides is 1. The summed E-state index contributed by atoms with van der Waals surface area (Å²) in [5.41, 5.74) is 5.32. The lowest BCUT2D eigenvalue weighted by Crippen LogP contribution is -2.40. The number of rotatable bonds is 5. The molecule has 0 saturated carbocycles. The minimum absolute atomic E-state index is 0.0154. The summed E-state index contributed by atoms with van der Waals surface area (Å²) in [5, 5.41) is 8.60. The number of carbonyl (C=O) groups excluding carboxylic acids is 2. The lowest BCUT2D eigenvalue weighted by molar-refractivity contribution is -0.140. The largest absolute Gasteiger partial charge is 0.480 e. The van der Waals surface area contributed by atoms with Gasteiger partial charge >= 0.3 is 5.97 Å². The van der Waals surface area contributed by atoms with E-state index in [4.69, 9.17) is 10.8 Å². The van der Waals surface area contributed by atoms with Crippen LogP contribution in [0.1, 0.15) is 32.6 Å². The first-order chi connectivity index (χ1) is 7.93. The Balaban J connectivity index is 2.47. The summed E-state index contributed by atoms with van der Waals surface area (Å²) in [6.07, 6.45) is 1.71. The summed E-state index contributed by atoms with van der Waals surface area (Å²) in [6, 6.07) is -1.35. The van der Waals surface area contributed by atoms with E-state index < -0.39 is 12.0 Å². The third kappa shape index (κ3) is 3.52. The topological polar surface area (TPSA) is 101 Å². The maximum Gasteiger partial charge on any atom is 0.320 e. The molecule has 3 N–H and O–H groups in total. The third-order valence-corrected chi connectivity index (χ3v) is 3.03. The van der Waals surface area contributed by atoms with Gasteiger partial charge in [0.25, 0.3) is 0 Å². The maximum atomic E-state index is 11.8. The Bertz CT molecular complexity index is 329. The zero-order valence-electron chi connectivity index (χ0n) is 9.89. The Kier molecular flexibility index (Phi) is 4.62. The first-order valence-corrected chi connectivity index (χ1v) is 5.71. The zero-order valence-corrected chi connectivity index (χ0v) is 9.89. The van der Waals surface area contributed by atoms with Crippen LogP contribution in [0.25, 0.3) is 0 Å². The van der Waals surface area contributed by atoms with Crippen LogP contribution in [0.5, 0.6) is 0 Å². The Morgan fingerprint density at radius 3 is 2.65 bits per heavy atom. The molecule has 0 aliphatic carbocycles. The van der Waals surface area contributed by atoms with E-state index in [1.165, 1.54) is 11.8 Å². The van der Waals surface area contributed by atoms with Gasteiger partial charge in [-0.25, -0.2) is 0 Å². The van der Waals surface area contributed by atoms with E-state index in [1.807, 2.05) is 0 Å². The number of nitrogens with zero attached hydrogens (tertiary/aromatic N) is 1. The molecular formula is C11H18N2O4. The van der Waals surface area contributed by atoms with Gasteiger partial charge in [0.15, 0.2) is 5.78 Å². The van der Waals surface area contributed by atoms with E-state index in [9.17, 15) is 14.4 Å². The number of carboxylic acid groups (broad SMARTS) is 1. The van der Waals surface area contributed by atoms with Crippen LogP contribution in [0, 0.1) is 0 Å². The van der Waals surface area contributed by atoms with Crippen molar-refractivity contribution in [3.63, 3.8) is 0 Å². The molecular weight excluding hydrogens is 224 g/mol. The van der Waals surface area contributed by atoms with Crippen LogP contribution in [-0.4, -0.2) is 46.3 Å². The zero-order chi connectivity index (χ0) is 13.0. The van der Waals surface area contributed by atoms with Crippen molar-refractivity contribution in [2.24, 2.45) is 5.73 Å². The normalized spacial score (nSPS) is 21.3. The van der Waals surface area contributed by atoms with Gasteiger partial charge in [-0.3, -0.25) is 14.4 Å². The number of likely N-dealkylation sites (tertiary alicyclic amines) is 1.